The third-order valence-electron chi connectivity index (χ3n) is 6.17. The van der Waals surface area contributed by atoms with Crippen molar-refractivity contribution in [2.24, 2.45) is 0 Å². The number of amides is 1. The number of aryl methyl sites for hydroxylation is 1. The van der Waals surface area contributed by atoms with Crippen LogP contribution in [0.1, 0.15) is 49.2 Å². The molecule has 0 aliphatic carbocycles. The van der Waals surface area contributed by atoms with Crippen molar-refractivity contribution >= 4 is 26.7 Å². The first-order valence-electron chi connectivity index (χ1n) is 11.1. The van der Waals surface area contributed by atoms with Gasteiger partial charge in [0.15, 0.2) is 0 Å². The first kappa shape index (κ1) is 22.5. The van der Waals surface area contributed by atoms with Crippen LogP contribution in [-0.2, 0) is 21.4 Å². The van der Waals surface area contributed by atoms with Crippen LogP contribution in [0.25, 0.3) is 10.8 Å². The first-order chi connectivity index (χ1) is 15.3. The summed E-state index contributed by atoms with van der Waals surface area (Å²) in [6.45, 7) is 6.40. The van der Waals surface area contributed by atoms with Crippen LogP contribution in [0.4, 0.5) is 0 Å². The van der Waals surface area contributed by atoms with Gasteiger partial charge in [0.25, 0.3) is 0 Å². The number of piperidine rings is 1. The van der Waals surface area contributed by atoms with E-state index in [0.29, 0.717) is 24.5 Å². The molecule has 1 fully saturated rings. The molecule has 0 radical (unpaired) electrons. The Morgan fingerprint density at radius 3 is 2.47 bits per heavy atom. The largest absolute Gasteiger partial charge is 0.348 e. The van der Waals surface area contributed by atoms with E-state index in [4.69, 9.17) is 0 Å². The van der Waals surface area contributed by atoms with Crippen molar-refractivity contribution in [3.05, 3.63) is 59.4 Å². The number of hydrogen-bond donors (Lipinski definition) is 1. The minimum atomic E-state index is -3.61. The van der Waals surface area contributed by atoms with E-state index < -0.39 is 10.0 Å². The van der Waals surface area contributed by atoms with Gasteiger partial charge < -0.3 is 5.32 Å². The number of carbonyl (C=O) groups is 1. The van der Waals surface area contributed by atoms with Crippen LogP contribution in [0.3, 0.4) is 0 Å². The van der Waals surface area contributed by atoms with Gasteiger partial charge in [-0.25, -0.2) is 8.42 Å². The number of rotatable bonds is 6. The molecule has 7 nitrogen and oxygen atoms in total. The summed E-state index contributed by atoms with van der Waals surface area (Å²) in [6.07, 6.45) is 2.81. The highest BCUT2D eigenvalue weighted by Gasteiger charge is 2.32. The van der Waals surface area contributed by atoms with Crippen molar-refractivity contribution in [1.82, 2.24) is 19.4 Å². The smallest absolute Gasteiger partial charge is 0.246 e. The minimum Gasteiger partial charge on any atom is -0.348 e. The quantitative estimate of drug-likeness (QED) is 0.615. The number of nitrogens with zero attached hydrogens (tertiary/aromatic N) is 3. The van der Waals surface area contributed by atoms with E-state index in [1.54, 1.807) is 18.2 Å². The third-order valence-corrected chi connectivity index (χ3v) is 8.32. The van der Waals surface area contributed by atoms with E-state index in [2.05, 4.69) is 22.5 Å². The van der Waals surface area contributed by atoms with Gasteiger partial charge in [-0.15, -0.1) is 0 Å². The van der Waals surface area contributed by atoms with Crippen molar-refractivity contribution in [2.75, 3.05) is 13.1 Å². The second-order valence-electron chi connectivity index (χ2n) is 8.52. The Kier molecular flexibility index (Phi) is 6.35. The van der Waals surface area contributed by atoms with Gasteiger partial charge in [0, 0.05) is 13.1 Å². The first-order valence-corrected chi connectivity index (χ1v) is 12.5. The van der Waals surface area contributed by atoms with E-state index in [-0.39, 0.29) is 23.4 Å². The predicted octanol–water partition coefficient (Wildman–Crippen LogP) is 3.71. The molecule has 170 valence electrons. The van der Waals surface area contributed by atoms with Crippen LogP contribution in [0.5, 0.6) is 0 Å². The minimum absolute atomic E-state index is 0.0277. The number of aromatic nitrogens is 2. The summed E-state index contributed by atoms with van der Waals surface area (Å²) in [7, 11) is -3.61. The Bertz CT molecular complexity index is 1240. The van der Waals surface area contributed by atoms with Gasteiger partial charge in [-0.1, -0.05) is 42.8 Å². The lowest BCUT2D eigenvalue weighted by molar-refractivity contribution is -0.122. The van der Waals surface area contributed by atoms with Crippen molar-refractivity contribution in [3.8, 4) is 0 Å². The molecular weight excluding hydrogens is 424 g/mol. The maximum atomic E-state index is 13.2. The van der Waals surface area contributed by atoms with Crippen molar-refractivity contribution in [3.63, 3.8) is 0 Å². The third kappa shape index (κ3) is 4.42. The van der Waals surface area contributed by atoms with Crippen LogP contribution >= 0.6 is 0 Å². The summed E-state index contributed by atoms with van der Waals surface area (Å²) >= 11 is 0. The van der Waals surface area contributed by atoms with E-state index in [9.17, 15) is 13.2 Å². The van der Waals surface area contributed by atoms with Gasteiger partial charge in [0.1, 0.15) is 11.4 Å². The maximum absolute atomic E-state index is 13.2. The fraction of sp³-hybridized carbons (Fsp3) is 0.417. The van der Waals surface area contributed by atoms with Crippen molar-refractivity contribution in [2.45, 2.75) is 57.5 Å². The molecule has 32 heavy (non-hydrogen) atoms. The molecule has 3 aromatic rings. The van der Waals surface area contributed by atoms with E-state index in [1.165, 1.54) is 4.68 Å². The number of sulfonamides is 1. The summed E-state index contributed by atoms with van der Waals surface area (Å²) in [5.41, 5.74) is 1.95. The molecular formula is C24H30N4O3S. The fourth-order valence-electron chi connectivity index (χ4n) is 4.43. The van der Waals surface area contributed by atoms with E-state index in [1.807, 2.05) is 37.3 Å². The van der Waals surface area contributed by atoms with Crippen LogP contribution in [0, 0.1) is 13.8 Å². The van der Waals surface area contributed by atoms with Crippen LogP contribution < -0.4 is 5.32 Å². The molecule has 1 atom stereocenters. The summed E-state index contributed by atoms with van der Waals surface area (Å²) in [4.78, 5) is 13.0. The Morgan fingerprint density at radius 2 is 1.75 bits per heavy atom. The van der Waals surface area contributed by atoms with Crippen molar-refractivity contribution < 1.29 is 13.2 Å². The molecule has 1 N–H and O–H groups in total. The molecule has 1 aromatic heterocycles. The number of carbonyl (C=O) groups excluding carboxylic acids is 1. The molecule has 0 saturated carbocycles. The zero-order valence-electron chi connectivity index (χ0n) is 18.8. The highest BCUT2D eigenvalue weighted by Crippen LogP contribution is 2.26. The summed E-state index contributed by atoms with van der Waals surface area (Å²) < 4.78 is 29.4. The molecule has 4 rings (SSSR count). The number of nitrogens with one attached hydrogen (secondary N) is 1. The molecule has 8 heteroatoms. The Morgan fingerprint density at radius 1 is 1.06 bits per heavy atom. The molecule has 1 amide bonds. The SMILES string of the molecule is Cc1nn(CC(=O)NC(C)c2ccc3ccccc3c2)c(C)c1S(=O)(=O)N1CCCCC1. The molecule has 1 aliphatic heterocycles. The molecule has 1 saturated heterocycles. The van der Waals surface area contributed by atoms with Gasteiger partial charge in [-0.05, 0) is 56.0 Å². The number of benzene rings is 2. The maximum Gasteiger partial charge on any atom is 0.246 e. The van der Waals surface area contributed by atoms with Gasteiger partial charge in [0.2, 0.25) is 15.9 Å². The lowest BCUT2D eigenvalue weighted by atomic mass is 10.0. The Balaban J connectivity index is 1.49. The monoisotopic (exact) mass is 454 g/mol. The number of hydrogen-bond acceptors (Lipinski definition) is 4. The zero-order chi connectivity index (χ0) is 22.9. The second-order valence-corrected chi connectivity index (χ2v) is 10.4. The molecule has 2 heterocycles. The van der Waals surface area contributed by atoms with Crippen LogP contribution in [0.2, 0.25) is 0 Å². The highest BCUT2D eigenvalue weighted by molar-refractivity contribution is 7.89. The highest BCUT2D eigenvalue weighted by atomic mass is 32.2. The van der Waals surface area contributed by atoms with Gasteiger partial charge in [-0.2, -0.15) is 9.40 Å². The number of fused-ring (bicyclic) bond motifs is 1. The summed E-state index contributed by atoms with van der Waals surface area (Å²) in [5, 5.41) is 9.67. The van der Waals surface area contributed by atoms with E-state index >= 15 is 0 Å². The molecule has 1 aliphatic rings. The molecule has 2 aromatic carbocycles. The topological polar surface area (TPSA) is 84.3 Å². The Labute approximate surface area is 189 Å². The average molecular weight is 455 g/mol. The standard InChI is InChI=1S/C24H30N4O3S/c1-17(21-12-11-20-9-5-6-10-22(20)15-21)25-23(29)16-28-19(3)24(18(2)26-28)32(30,31)27-13-7-4-8-14-27/h5-6,9-12,15,17H,4,7-8,13-14,16H2,1-3H3,(H,25,29). The van der Waals surface area contributed by atoms with Crippen LogP contribution in [0.15, 0.2) is 47.4 Å². The van der Waals surface area contributed by atoms with Gasteiger partial charge in [0.05, 0.1) is 17.4 Å². The summed E-state index contributed by atoms with van der Waals surface area (Å²) in [6, 6.07) is 14.1. The molecule has 1 unspecified atom stereocenters. The van der Waals surface area contributed by atoms with Crippen LogP contribution in [-0.4, -0.2) is 41.5 Å². The average Bonchev–Trinajstić information content (AvgIpc) is 3.07. The predicted molar refractivity (Wildman–Crippen MR) is 125 cm³/mol. The Hall–Kier alpha value is -2.71. The van der Waals surface area contributed by atoms with Crippen molar-refractivity contribution in [1.29, 1.82) is 0 Å². The lowest BCUT2D eigenvalue weighted by Crippen LogP contribution is -2.36. The van der Waals surface area contributed by atoms with E-state index in [0.717, 1.165) is 35.6 Å². The summed E-state index contributed by atoms with van der Waals surface area (Å²) in [5.74, 6) is -0.210. The van der Waals surface area contributed by atoms with Gasteiger partial charge >= 0.3 is 0 Å². The van der Waals surface area contributed by atoms with Gasteiger partial charge in [-0.3, -0.25) is 9.48 Å². The lowest BCUT2D eigenvalue weighted by Gasteiger charge is -2.26. The zero-order valence-corrected chi connectivity index (χ0v) is 19.7. The molecule has 0 bridgehead atoms. The molecule has 0 spiro atoms. The fourth-order valence-corrected chi connectivity index (χ4v) is 6.32. The second kappa shape index (κ2) is 9.03. The normalized spacial score (nSPS) is 16.2.